The van der Waals surface area contributed by atoms with Crippen LogP contribution in [0.2, 0.25) is 0 Å². The highest BCUT2D eigenvalue weighted by atomic mass is 16.6. The van der Waals surface area contributed by atoms with Gasteiger partial charge in [0.1, 0.15) is 13.2 Å². The Labute approximate surface area is 390 Å². The molecule has 0 rings (SSSR count). The first-order valence-electron chi connectivity index (χ1n) is 26.8. The fraction of sp³-hybridized carbons (Fsp3) is 0.772. The van der Waals surface area contributed by atoms with E-state index in [9.17, 15) is 14.4 Å². The Morgan fingerprint density at radius 2 is 0.587 bits per heavy atom. The first-order valence-corrected chi connectivity index (χ1v) is 26.8. The van der Waals surface area contributed by atoms with Gasteiger partial charge in [-0.25, -0.2) is 0 Å². The third kappa shape index (κ3) is 50.0. The Bertz CT molecular complexity index is 1150. The van der Waals surface area contributed by atoms with Crippen LogP contribution in [-0.2, 0) is 28.6 Å². The molecule has 0 aliphatic heterocycles. The summed E-state index contributed by atoms with van der Waals surface area (Å²) >= 11 is 0. The maximum Gasteiger partial charge on any atom is 0.306 e. The number of allylic oxidation sites excluding steroid dienone is 10. The molecule has 1 unspecified atom stereocenters. The molecule has 0 saturated heterocycles. The lowest BCUT2D eigenvalue weighted by Crippen LogP contribution is -2.30. The van der Waals surface area contributed by atoms with E-state index in [0.29, 0.717) is 19.3 Å². The molecule has 0 spiro atoms. The van der Waals surface area contributed by atoms with Crippen LogP contribution >= 0.6 is 0 Å². The van der Waals surface area contributed by atoms with Crippen molar-refractivity contribution in [3.63, 3.8) is 0 Å². The number of unbranched alkanes of at least 4 members (excludes halogenated alkanes) is 27. The molecule has 0 aromatic rings. The Hall–Kier alpha value is -2.89. The molecule has 6 nitrogen and oxygen atoms in total. The number of ether oxygens (including phenoxy) is 3. The van der Waals surface area contributed by atoms with E-state index in [0.717, 1.165) is 64.2 Å². The predicted octanol–water partition coefficient (Wildman–Crippen LogP) is 17.6. The summed E-state index contributed by atoms with van der Waals surface area (Å²) in [7, 11) is 0. The predicted molar refractivity (Wildman–Crippen MR) is 270 cm³/mol. The number of hydrogen-bond acceptors (Lipinski definition) is 6. The summed E-state index contributed by atoms with van der Waals surface area (Å²) in [6.07, 6.45) is 63.5. The Morgan fingerprint density at radius 3 is 1.00 bits per heavy atom. The maximum absolute atomic E-state index is 12.8. The van der Waals surface area contributed by atoms with Gasteiger partial charge in [-0.3, -0.25) is 14.4 Å². The number of esters is 3. The molecule has 1 atom stereocenters. The van der Waals surface area contributed by atoms with E-state index in [1.807, 2.05) is 0 Å². The van der Waals surface area contributed by atoms with Crippen molar-refractivity contribution in [2.75, 3.05) is 13.2 Å². The van der Waals surface area contributed by atoms with Gasteiger partial charge in [0, 0.05) is 19.3 Å². The average molecular weight is 881 g/mol. The van der Waals surface area contributed by atoms with E-state index in [4.69, 9.17) is 14.2 Å². The molecule has 0 radical (unpaired) electrons. The van der Waals surface area contributed by atoms with Gasteiger partial charge in [0.15, 0.2) is 6.10 Å². The van der Waals surface area contributed by atoms with Gasteiger partial charge in [0.2, 0.25) is 0 Å². The second-order valence-corrected chi connectivity index (χ2v) is 17.8. The summed E-state index contributed by atoms with van der Waals surface area (Å²) in [4.78, 5) is 38.0. The molecule has 63 heavy (non-hydrogen) atoms. The van der Waals surface area contributed by atoms with Gasteiger partial charge < -0.3 is 14.2 Å². The molecule has 0 amide bonds. The standard InChI is InChI=1S/C57H100O6/c1-4-7-10-13-16-19-22-24-26-28-30-32-35-38-41-44-47-50-56(59)62-53-54(52-61-55(58)49-46-43-40-37-34-21-18-15-12-9-6-3)63-57(60)51-48-45-42-39-36-33-31-29-27-25-23-20-17-14-11-8-5-2/h16,19,24-27,30,32,38,41,54H,4-15,17-18,20-23,28-29,31,33-37,39-40,42-53H2,1-3H3/b19-16-,26-24-,27-25-,32-30-,41-38-. The van der Waals surface area contributed by atoms with E-state index in [1.54, 1.807) is 0 Å². The molecule has 0 saturated carbocycles. The van der Waals surface area contributed by atoms with Crippen LogP contribution in [0.4, 0.5) is 0 Å². The zero-order valence-corrected chi connectivity index (χ0v) is 41.6. The smallest absolute Gasteiger partial charge is 0.306 e. The Morgan fingerprint density at radius 1 is 0.317 bits per heavy atom. The van der Waals surface area contributed by atoms with Crippen molar-refractivity contribution in [2.45, 2.75) is 271 Å². The molecule has 0 aliphatic rings. The molecule has 364 valence electrons. The van der Waals surface area contributed by atoms with Crippen molar-refractivity contribution in [3.8, 4) is 0 Å². The van der Waals surface area contributed by atoms with Crippen molar-refractivity contribution in [3.05, 3.63) is 60.8 Å². The first kappa shape index (κ1) is 60.1. The van der Waals surface area contributed by atoms with E-state index >= 15 is 0 Å². The molecule has 0 bridgehead atoms. The van der Waals surface area contributed by atoms with Crippen molar-refractivity contribution in [2.24, 2.45) is 0 Å². The minimum atomic E-state index is -0.795. The number of carbonyl (C=O) groups is 3. The minimum Gasteiger partial charge on any atom is -0.462 e. The van der Waals surface area contributed by atoms with Crippen LogP contribution in [0.5, 0.6) is 0 Å². The quantitative estimate of drug-likeness (QED) is 0.0262. The summed E-state index contributed by atoms with van der Waals surface area (Å²) in [5, 5.41) is 0. The number of rotatable bonds is 48. The highest BCUT2D eigenvalue weighted by Crippen LogP contribution is 2.15. The summed E-state index contributed by atoms with van der Waals surface area (Å²) in [6.45, 7) is 6.56. The lowest BCUT2D eigenvalue weighted by Gasteiger charge is -2.18. The first-order chi connectivity index (χ1) is 31.0. The largest absolute Gasteiger partial charge is 0.462 e. The third-order valence-electron chi connectivity index (χ3n) is 11.5. The summed E-state index contributed by atoms with van der Waals surface area (Å²) in [5.74, 6) is -0.948. The van der Waals surface area contributed by atoms with Gasteiger partial charge in [0.05, 0.1) is 0 Å². The number of carbonyl (C=O) groups excluding carboxylic acids is 3. The Kier molecular flexibility index (Phi) is 49.4. The van der Waals surface area contributed by atoms with Crippen LogP contribution in [0.3, 0.4) is 0 Å². The van der Waals surface area contributed by atoms with Crippen molar-refractivity contribution < 1.29 is 28.6 Å². The molecule has 0 fully saturated rings. The summed E-state index contributed by atoms with van der Waals surface area (Å²) < 4.78 is 16.8. The van der Waals surface area contributed by atoms with Gasteiger partial charge in [0.25, 0.3) is 0 Å². The van der Waals surface area contributed by atoms with E-state index < -0.39 is 6.10 Å². The summed E-state index contributed by atoms with van der Waals surface area (Å²) in [6, 6.07) is 0. The highest BCUT2D eigenvalue weighted by Gasteiger charge is 2.19. The zero-order valence-electron chi connectivity index (χ0n) is 41.6. The molecule has 0 heterocycles. The van der Waals surface area contributed by atoms with Crippen LogP contribution in [0.25, 0.3) is 0 Å². The lowest BCUT2D eigenvalue weighted by atomic mass is 10.1. The lowest BCUT2D eigenvalue weighted by molar-refractivity contribution is -0.167. The van der Waals surface area contributed by atoms with Gasteiger partial charge in [-0.1, -0.05) is 223 Å². The normalized spacial score (nSPS) is 12.5. The van der Waals surface area contributed by atoms with Crippen LogP contribution in [-0.4, -0.2) is 37.2 Å². The van der Waals surface area contributed by atoms with E-state index in [2.05, 4.69) is 81.5 Å². The minimum absolute atomic E-state index is 0.0909. The van der Waals surface area contributed by atoms with Gasteiger partial charge in [-0.05, 0) is 83.5 Å². The molecular formula is C57H100O6. The van der Waals surface area contributed by atoms with Gasteiger partial charge in [-0.2, -0.15) is 0 Å². The highest BCUT2D eigenvalue weighted by molar-refractivity contribution is 5.71. The zero-order chi connectivity index (χ0) is 45.8. The molecule has 0 aliphatic carbocycles. The third-order valence-corrected chi connectivity index (χ3v) is 11.5. The van der Waals surface area contributed by atoms with Crippen LogP contribution in [0, 0.1) is 0 Å². The average Bonchev–Trinajstić information content (AvgIpc) is 3.28. The fourth-order valence-corrected chi connectivity index (χ4v) is 7.43. The molecule has 0 aromatic heterocycles. The van der Waals surface area contributed by atoms with Crippen molar-refractivity contribution in [1.29, 1.82) is 0 Å². The summed E-state index contributed by atoms with van der Waals surface area (Å²) in [5.41, 5.74) is 0. The SMILES string of the molecule is CCCCC/C=C\C/C=C\C/C=C\C/C=C\CCCC(=O)OCC(COC(=O)CCCCCCCCCCCCC)OC(=O)CCCCCCCCC/C=C\CCCCCCCC. The van der Waals surface area contributed by atoms with Crippen LogP contribution < -0.4 is 0 Å². The van der Waals surface area contributed by atoms with Crippen molar-refractivity contribution >= 4 is 17.9 Å². The molecular weight excluding hydrogens is 781 g/mol. The van der Waals surface area contributed by atoms with Crippen molar-refractivity contribution in [1.82, 2.24) is 0 Å². The fourth-order valence-electron chi connectivity index (χ4n) is 7.43. The topological polar surface area (TPSA) is 78.9 Å². The van der Waals surface area contributed by atoms with Crippen LogP contribution in [0.15, 0.2) is 60.8 Å². The second kappa shape index (κ2) is 51.7. The maximum atomic E-state index is 12.8. The van der Waals surface area contributed by atoms with Gasteiger partial charge in [-0.15, -0.1) is 0 Å². The second-order valence-electron chi connectivity index (χ2n) is 17.8. The van der Waals surface area contributed by atoms with E-state index in [-0.39, 0.29) is 37.5 Å². The molecule has 0 aromatic carbocycles. The van der Waals surface area contributed by atoms with Gasteiger partial charge >= 0.3 is 17.9 Å². The van der Waals surface area contributed by atoms with Crippen LogP contribution in [0.1, 0.15) is 265 Å². The Balaban J connectivity index is 4.44. The monoisotopic (exact) mass is 881 g/mol. The van der Waals surface area contributed by atoms with E-state index in [1.165, 1.54) is 154 Å². The molecule has 6 heteroatoms. The molecule has 0 N–H and O–H groups in total. The number of hydrogen-bond donors (Lipinski definition) is 0.